The molecule has 6 aromatic carbocycles. The van der Waals surface area contributed by atoms with E-state index in [-0.39, 0.29) is 5.41 Å². The molecule has 0 amide bonds. The summed E-state index contributed by atoms with van der Waals surface area (Å²) in [5, 5.41) is 4.36. The van der Waals surface area contributed by atoms with Gasteiger partial charge in [0.1, 0.15) is 11.5 Å². The van der Waals surface area contributed by atoms with E-state index < -0.39 is 0 Å². The summed E-state index contributed by atoms with van der Waals surface area (Å²) in [5.74, 6) is 1.66. The van der Waals surface area contributed by atoms with Crippen molar-refractivity contribution in [3.05, 3.63) is 151 Å². The van der Waals surface area contributed by atoms with Crippen LogP contribution in [0.25, 0.3) is 54.9 Å². The molecule has 1 aliphatic rings. The zero-order valence-corrected chi connectivity index (χ0v) is 23.6. The molecule has 0 atom stereocenters. The van der Waals surface area contributed by atoms with Gasteiger partial charge in [0, 0.05) is 34.0 Å². The van der Waals surface area contributed by atoms with Gasteiger partial charge in [0.25, 0.3) is 0 Å². The number of rotatable bonds is 4. The predicted molar refractivity (Wildman–Crippen MR) is 174 cm³/mol. The fraction of sp³-hybridized carbons (Fsp3) is 0.0750. The lowest BCUT2D eigenvalue weighted by Gasteiger charge is -2.22. The van der Waals surface area contributed by atoms with E-state index in [0.717, 1.165) is 33.0 Å². The molecule has 1 aliphatic carbocycles. The molecule has 0 saturated heterocycles. The highest BCUT2D eigenvalue weighted by Gasteiger charge is 2.35. The minimum atomic E-state index is -0.0200. The van der Waals surface area contributed by atoms with E-state index in [0.29, 0.717) is 0 Å². The Hall–Kier alpha value is -5.21. The number of nitrogens with zero attached hydrogens (tertiary/aromatic N) is 1. The van der Waals surface area contributed by atoms with Crippen LogP contribution in [0.15, 0.2) is 140 Å². The van der Waals surface area contributed by atoms with E-state index in [1.54, 1.807) is 0 Å². The Morgan fingerprint density at radius 3 is 2.02 bits per heavy atom. The van der Waals surface area contributed by atoms with E-state index >= 15 is 0 Å². The Balaban J connectivity index is 1.19. The lowest BCUT2D eigenvalue weighted by molar-refractivity contribution is 0.494. The summed E-state index contributed by atoms with van der Waals surface area (Å²) in [4.78, 5) is 4.49. The number of fused-ring (bicyclic) bond motifs is 5. The standard InChI is InChI=1S/C40H29NO/c1-40(2)36-15-9-8-12-30(36)31-21-18-28(24-37(31)40)26-16-19-29(20-17-26)42-39-33-14-7-6-13-32(33)38(27-10-4-3-5-11-27)35-25-41-23-22-34(35)39/h3-25H,1-2H3. The van der Waals surface area contributed by atoms with Gasteiger partial charge in [-0.05, 0) is 74.2 Å². The maximum atomic E-state index is 6.71. The Morgan fingerprint density at radius 1 is 0.524 bits per heavy atom. The Labute approximate surface area is 245 Å². The minimum absolute atomic E-state index is 0.0200. The highest BCUT2D eigenvalue weighted by atomic mass is 16.5. The number of hydrogen-bond acceptors (Lipinski definition) is 2. The maximum absolute atomic E-state index is 6.71. The molecular formula is C40H29NO. The summed E-state index contributed by atoms with van der Waals surface area (Å²) < 4.78 is 6.71. The number of ether oxygens (including phenoxy) is 1. The molecule has 0 saturated carbocycles. The van der Waals surface area contributed by atoms with Crippen LogP contribution in [0.4, 0.5) is 0 Å². The molecule has 0 radical (unpaired) electrons. The van der Waals surface area contributed by atoms with Gasteiger partial charge in [0.15, 0.2) is 0 Å². The molecular weight excluding hydrogens is 510 g/mol. The zero-order valence-electron chi connectivity index (χ0n) is 23.6. The molecule has 2 nitrogen and oxygen atoms in total. The fourth-order valence-electron chi connectivity index (χ4n) is 6.72. The zero-order chi connectivity index (χ0) is 28.3. The summed E-state index contributed by atoms with van der Waals surface area (Å²) in [6, 6.07) is 45.2. The van der Waals surface area contributed by atoms with Crippen LogP contribution in [0.5, 0.6) is 11.5 Å². The molecule has 42 heavy (non-hydrogen) atoms. The fourth-order valence-corrected chi connectivity index (χ4v) is 6.72. The Kier molecular flexibility index (Phi) is 5.52. The normalized spacial score (nSPS) is 13.2. The van der Waals surface area contributed by atoms with Crippen molar-refractivity contribution in [2.24, 2.45) is 0 Å². The molecule has 8 rings (SSSR count). The van der Waals surface area contributed by atoms with Crippen molar-refractivity contribution < 1.29 is 4.74 Å². The first-order valence-corrected chi connectivity index (χ1v) is 14.5. The van der Waals surface area contributed by atoms with Crippen molar-refractivity contribution in [3.63, 3.8) is 0 Å². The summed E-state index contributed by atoms with van der Waals surface area (Å²) in [6.45, 7) is 4.65. The molecule has 1 aromatic heterocycles. The van der Waals surface area contributed by atoms with Crippen LogP contribution >= 0.6 is 0 Å². The van der Waals surface area contributed by atoms with Crippen LogP contribution in [0.1, 0.15) is 25.0 Å². The van der Waals surface area contributed by atoms with E-state index in [4.69, 9.17) is 4.74 Å². The highest BCUT2D eigenvalue weighted by molar-refractivity contribution is 6.16. The van der Waals surface area contributed by atoms with Gasteiger partial charge in [-0.3, -0.25) is 4.98 Å². The van der Waals surface area contributed by atoms with Gasteiger partial charge in [-0.25, -0.2) is 0 Å². The SMILES string of the molecule is CC1(C)c2ccccc2-c2ccc(-c3ccc(Oc4c5ccccc5c(-c5ccccc5)c5cnccc45)cc3)cc21. The third kappa shape index (κ3) is 3.76. The second kappa shape index (κ2) is 9.43. The quantitative estimate of drug-likeness (QED) is 0.208. The second-order valence-electron chi connectivity index (χ2n) is 11.6. The van der Waals surface area contributed by atoms with Crippen molar-refractivity contribution >= 4 is 21.5 Å². The van der Waals surface area contributed by atoms with Crippen LogP contribution in [0.2, 0.25) is 0 Å². The number of hydrogen-bond donors (Lipinski definition) is 0. The van der Waals surface area contributed by atoms with Gasteiger partial charge >= 0.3 is 0 Å². The van der Waals surface area contributed by atoms with Gasteiger partial charge < -0.3 is 4.74 Å². The van der Waals surface area contributed by atoms with Crippen molar-refractivity contribution in [2.45, 2.75) is 19.3 Å². The molecule has 2 heteroatoms. The highest BCUT2D eigenvalue weighted by Crippen LogP contribution is 2.50. The number of pyridine rings is 1. The van der Waals surface area contributed by atoms with E-state index in [9.17, 15) is 0 Å². The second-order valence-corrected chi connectivity index (χ2v) is 11.6. The van der Waals surface area contributed by atoms with Crippen LogP contribution in [0.3, 0.4) is 0 Å². The van der Waals surface area contributed by atoms with Crippen molar-refractivity contribution in [1.29, 1.82) is 0 Å². The molecule has 0 spiro atoms. The van der Waals surface area contributed by atoms with Crippen LogP contribution in [-0.2, 0) is 5.41 Å². The molecule has 7 aromatic rings. The van der Waals surface area contributed by atoms with Crippen LogP contribution in [-0.4, -0.2) is 4.98 Å². The molecule has 1 heterocycles. The average Bonchev–Trinajstić information content (AvgIpc) is 3.27. The molecule has 0 fully saturated rings. The number of benzene rings is 6. The van der Waals surface area contributed by atoms with Crippen LogP contribution in [0, 0.1) is 0 Å². The molecule has 200 valence electrons. The third-order valence-corrected chi connectivity index (χ3v) is 8.83. The van der Waals surface area contributed by atoms with Crippen LogP contribution < -0.4 is 4.74 Å². The number of aromatic nitrogens is 1. The Bertz CT molecular complexity index is 2070. The average molecular weight is 540 g/mol. The minimum Gasteiger partial charge on any atom is -0.456 e. The summed E-state index contributed by atoms with van der Waals surface area (Å²) in [5.41, 5.74) is 10.2. The van der Waals surface area contributed by atoms with Crippen molar-refractivity contribution in [1.82, 2.24) is 4.98 Å². The predicted octanol–water partition coefficient (Wildman–Crippen LogP) is 10.8. The van der Waals surface area contributed by atoms with Crippen molar-refractivity contribution in [3.8, 4) is 44.9 Å². The van der Waals surface area contributed by atoms with Gasteiger partial charge in [0.05, 0.1) is 0 Å². The Morgan fingerprint density at radius 2 is 1.19 bits per heavy atom. The first-order chi connectivity index (χ1) is 20.6. The monoisotopic (exact) mass is 539 g/mol. The van der Waals surface area contributed by atoms with Crippen molar-refractivity contribution in [2.75, 3.05) is 0 Å². The molecule has 0 aliphatic heterocycles. The van der Waals surface area contributed by atoms with Gasteiger partial charge in [-0.2, -0.15) is 0 Å². The molecule has 0 unspecified atom stereocenters. The summed E-state index contributed by atoms with van der Waals surface area (Å²) >= 11 is 0. The molecule has 0 N–H and O–H groups in total. The largest absolute Gasteiger partial charge is 0.456 e. The lowest BCUT2D eigenvalue weighted by atomic mass is 9.81. The topological polar surface area (TPSA) is 22.1 Å². The summed E-state index contributed by atoms with van der Waals surface area (Å²) in [7, 11) is 0. The third-order valence-electron chi connectivity index (χ3n) is 8.83. The smallest absolute Gasteiger partial charge is 0.143 e. The summed E-state index contributed by atoms with van der Waals surface area (Å²) in [6.07, 6.45) is 3.79. The van der Waals surface area contributed by atoms with E-state index in [2.05, 4.69) is 146 Å². The van der Waals surface area contributed by atoms with Gasteiger partial charge in [-0.1, -0.05) is 117 Å². The van der Waals surface area contributed by atoms with E-state index in [1.807, 2.05) is 12.4 Å². The maximum Gasteiger partial charge on any atom is 0.143 e. The first-order valence-electron chi connectivity index (χ1n) is 14.5. The lowest BCUT2D eigenvalue weighted by Crippen LogP contribution is -2.14. The first kappa shape index (κ1) is 24.6. The van der Waals surface area contributed by atoms with Gasteiger partial charge in [0.2, 0.25) is 0 Å². The van der Waals surface area contributed by atoms with Gasteiger partial charge in [-0.15, -0.1) is 0 Å². The molecule has 0 bridgehead atoms. The van der Waals surface area contributed by atoms with E-state index in [1.165, 1.54) is 44.5 Å².